The first kappa shape index (κ1) is 15.1. The van der Waals surface area contributed by atoms with Crippen molar-refractivity contribution >= 4 is 0 Å². The largest absolute Gasteiger partial charge is 0.261 e. The van der Waals surface area contributed by atoms with E-state index >= 15 is 0 Å². The van der Waals surface area contributed by atoms with E-state index in [-0.39, 0.29) is 5.82 Å². The van der Waals surface area contributed by atoms with Crippen LogP contribution in [0.25, 0.3) is 28.3 Å². The summed E-state index contributed by atoms with van der Waals surface area (Å²) in [5.41, 5.74) is 3.46. The number of halogens is 1. The van der Waals surface area contributed by atoms with Crippen LogP contribution in [0.5, 0.6) is 0 Å². The smallest absolute Gasteiger partial charge is 0.223 e. The van der Waals surface area contributed by atoms with Crippen molar-refractivity contribution in [2.45, 2.75) is 6.92 Å². The molecule has 3 heterocycles. The predicted octanol–water partition coefficient (Wildman–Crippen LogP) is 3.23. The maximum atomic E-state index is 14.1. The number of nitrogens with zero attached hydrogens (tertiary/aromatic N) is 6. The highest BCUT2D eigenvalue weighted by Gasteiger charge is 2.11. The van der Waals surface area contributed by atoms with Crippen molar-refractivity contribution in [3.63, 3.8) is 0 Å². The van der Waals surface area contributed by atoms with Gasteiger partial charge in [0.1, 0.15) is 11.5 Å². The van der Waals surface area contributed by atoms with Crippen LogP contribution in [0.15, 0.2) is 60.9 Å². The molecule has 122 valence electrons. The van der Waals surface area contributed by atoms with Crippen molar-refractivity contribution in [2.75, 3.05) is 0 Å². The third kappa shape index (κ3) is 2.99. The highest BCUT2D eigenvalue weighted by Crippen LogP contribution is 2.25. The van der Waals surface area contributed by atoms with Gasteiger partial charge in [0.2, 0.25) is 5.82 Å². The molecule has 0 saturated carbocycles. The Morgan fingerprint density at radius 3 is 2.64 bits per heavy atom. The van der Waals surface area contributed by atoms with Gasteiger partial charge in [-0.25, -0.2) is 4.39 Å². The minimum atomic E-state index is -0.382. The molecule has 0 bridgehead atoms. The topological polar surface area (TPSA) is 69.4 Å². The summed E-state index contributed by atoms with van der Waals surface area (Å²) in [7, 11) is 0. The molecule has 25 heavy (non-hydrogen) atoms. The zero-order chi connectivity index (χ0) is 17.2. The highest BCUT2D eigenvalue weighted by molar-refractivity contribution is 5.68. The number of pyridine rings is 2. The second-order valence-corrected chi connectivity index (χ2v) is 5.45. The van der Waals surface area contributed by atoms with Crippen LogP contribution in [0.4, 0.5) is 4.39 Å². The van der Waals surface area contributed by atoms with E-state index in [1.807, 2.05) is 31.2 Å². The quantitative estimate of drug-likeness (QED) is 0.576. The highest BCUT2D eigenvalue weighted by atomic mass is 19.1. The van der Waals surface area contributed by atoms with E-state index in [9.17, 15) is 4.39 Å². The summed E-state index contributed by atoms with van der Waals surface area (Å²) in [5.74, 6) is -0.00333. The Morgan fingerprint density at radius 2 is 1.84 bits per heavy atom. The Balaban J connectivity index is 1.77. The summed E-state index contributed by atoms with van der Waals surface area (Å²) in [6.07, 6.45) is 3.36. The fraction of sp³-hybridized carbons (Fsp3) is 0.0556. The Kier molecular flexibility index (Phi) is 3.74. The van der Waals surface area contributed by atoms with Crippen molar-refractivity contribution in [2.24, 2.45) is 0 Å². The van der Waals surface area contributed by atoms with Crippen molar-refractivity contribution in [1.82, 2.24) is 30.2 Å². The maximum Gasteiger partial charge on any atom is 0.223 e. The van der Waals surface area contributed by atoms with E-state index in [0.717, 1.165) is 11.3 Å². The van der Waals surface area contributed by atoms with Gasteiger partial charge in [0, 0.05) is 29.7 Å². The summed E-state index contributed by atoms with van der Waals surface area (Å²) >= 11 is 0. The molecule has 6 nitrogen and oxygen atoms in total. The summed E-state index contributed by atoms with van der Waals surface area (Å²) in [6.45, 7) is 1.88. The van der Waals surface area contributed by atoms with Crippen LogP contribution in [0, 0.1) is 12.7 Å². The van der Waals surface area contributed by atoms with Gasteiger partial charge in [-0.3, -0.25) is 9.97 Å². The predicted molar refractivity (Wildman–Crippen MR) is 90.3 cm³/mol. The normalized spacial score (nSPS) is 10.8. The van der Waals surface area contributed by atoms with Gasteiger partial charge >= 0.3 is 0 Å². The molecule has 7 heteroatoms. The number of benzene rings is 1. The van der Waals surface area contributed by atoms with Gasteiger partial charge in [0.05, 0.1) is 5.69 Å². The third-order valence-electron chi connectivity index (χ3n) is 3.74. The van der Waals surface area contributed by atoms with E-state index in [1.165, 1.54) is 16.9 Å². The van der Waals surface area contributed by atoms with E-state index in [0.29, 0.717) is 22.8 Å². The molecule has 3 aromatic heterocycles. The van der Waals surface area contributed by atoms with Crippen LogP contribution in [0.1, 0.15) is 5.69 Å². The first-order chi connectivity index (χ1) is 12.2. The van der Waals surface area contributed by atoms with Crippen LogP contribution >= 0.6 is 0 Å². The van der Waals surface area contributed by atoms with E-state index < -0.39 is 0 Å². The Hall–Kier alpha value is -3.48. The average Bonchev–Trinajstić information content (AvgIpc) is 3.12. The van der Waals surface area contributed by atoms with Gasteiger partial charge < -0.3 is 0 Å². The molecule has 0 aliphatic rings. The fourth-order valence-electron chi connectivity index (χ4n) is 2.56. The maximum absolute atomic E-state index is 14.1. The van der Waals surface area contributed by atoms with Crippen LogP contribution in [0.2, 0.25) is 0 Å². The summed E-state index contributed by atoms with van der Waals surface area (Å²) < 4.78 is 14.1. The van der Waals surface area contributed by atoms with E-state index in [1.54, 1.807) is 24.5 Å². The molecule has 0 saturated heterocycles. The van der Waals surface area contributed by atoms with Crippen molar-refractivity contribution < 1.29 is 4.39 Å². The first-order valence-electron chi connectivity index (χ1n) is 7.65. The molecule has 0 radical (unpaired) electrons. The monoisotopic (exact) mass is 332 g/mol. The van der Waals surface area contributed by atoms with Crippen molar-refractivity contribution in [1.29, 1.82) is 0 Å². The second kappa shape index (κ2) is 6.20. The molecule has 1 aromatic carbocycles. The van der Waals surface area contributed by atoms with E-state index in [4.69, 9.17) is 0 Å². The molecule has 0 spiro atoms. The summed E-state index contributed by atoms with van der Waals surface area (Å²) in [5, 5.41) is 12.3. The summed E-state index contributed by atoms with van der Waals surface area (Å²) in [6, 6.07) is 13.8. The number of tetrazole rings is 1. The average molecular weight is 332 g/mol. The van der Waals surface area contributed by atoms with Crippen LogP contribution in [0.3, 0.4) is 0 Å². The minimum Gasteiger partial charge on any atom is -0.261 e. The standard InChI is InChI=1S/C18H13FN6/c1-12-16(5-4-8-20-12)13-9-14(19)11-15(10-13)25-23-18(22-24-25)17-6-2-3-7-21-17/h2-11H,1H3. The third-order valence-corrected chi connectivity index (χ3v) is 3.74. The number of aromatic nitrogens is 6. The lowest BCUT2D eigenvalue weighted by molar-refractivity contribution is 0.621. The van der Waals surface area contributed by atoms with Crippen LogP contribution in [-0.4, -0.2) is 30.2 Å². The van der Waals surface area contributed by atoms with Gasteiger partial charge in [-0.1, -0.05) is 12.1 Å². The number of aryl methyl sites for hydroxylation is 1. The summed E-state index contributed by atoms with van der Waals surface area (Å²) in [4.78, 5) is 9.73. The molecule has 0 unspecified atom stereocenters. The van der Waals surface area contributed by atoms with Crippen LogP contribution in [-0.2, 0) is 0 Å². The molecule has 0 aliphatic carbocycles. The molecule has 4 aromatic rings. The minimum absolute atomic E-state index is 0.379. The molecule has 0 amide bonds. The molecule has 4 rings (SSSR count). The van der Waals surface area contributed by atoms with Gasteiger partial charge in [-0.15, -0.1) is 15.0 Å². The van der Waals surface area contributed by atoms with Crippen molar-refractivity contribution in [3.8, 4) is 28.3 Å². The lowest BCUT2D eigenvalue weighted by atomic mass is 10.0. The fourth-order valence-corrected chi connectivity index (χ4v) is 2.56. The Labute approximate surface area is 143 Å². The lowest BCUT2D eigenvalue weighted by Gasteiger charge is -2.07. The SMILES string of the molecule is Cc1ncccc1-c1cc(F)cc(-n2nnc(-c3ccccn3)n2)c1. The van der Waals surface area contributed by atoms with Gasteiger partial charge in [0.25, 0.3) is 0 Å². The number of rotatable bonds is 3. The molecular weight excluding hydrogens is 319 g/mol. The second-order valence-electron chi connectivity index (χ2n) is 5.45. The van der Waals surface area contributed by atoms with Gasteiger partial charge in [0.15, 0.2) is 0 Å². The molecular formula is C18H13FN6. The van der Waals surface area contributed by atoms with E-state index in [2.05, 4.69) is 25.4 Å². The van der Waals surface area contributed by atoms with Gasteiger partial charge in [-0.05, 0) is 48.0 Å². The molecule has 0 aliphatic heterocycles. The van der Waals surface area contributed by atoms with Crippen LogP contribution < -0.4 is 0 Å². The van der Waals surface area contributed by atoms with Crippen molar-refractivity contribution in [3.05, 3.63) is 72.4 Å². The van der Waals surface area contributed by atoms with Gasteiger partial charge in [-0.2, -0.15) is 0 Å². The molecule has 0 atom stereocenters. The zero-order valence-corrected chi connectivity index (χ0v) is 13.3. The number of hydrogen-bond donors (Lipinski definition) is 0. The zero-order valence-electron chi connectivity index (χ0n) is 13.3. The Morgan fingerprint density at radius 1 is 0.960 bits per heavy atom. The first-order valence-corrected chi connectivity index (χ1v) is 7.65. The number of hydrogen-bond acceptors (Lipinski definition) is 5. The lowest BCUT2D eigenvalue weighted by Crippen LogP contribution is -2.01. The molecule has 0 fully saturated rings. The molecule has 0 N–H and O–H groups in total. The Bertz CT molecular complexity index is 1030.